The second kappa shape index (κ2) is 23.6. The first-order chi connectivity index (χ1) is 29.1. The number of ketones is 1. The van der Waals surface area contributed by atoms with Crippen molar-refractivity contribution in [3.63, 3.8) is 0 Å². The zero-order valence-electron chi connectivity index (χ0n) is 36.2. The Morgan fingerprint density at radius 2 is 1.26 bits per heavy atom. The molecule has 0 saturated carbocycles. The first-order valence-corrected chi connectivity index (χ1v) is 21.6. The van der Waals surface area contributed by atoms with Crippen LogP contribution in [0.15, 0.2) is 91.0 Å². The lowest BCUT2D eigenvalue weighted by atomic mass is 9.83. The van der Waals surface area contributed by atoms with Crippen LogP contribution in [0.2, 0.25) is 0 Å². The number of esters is 1. The molecule has 17 heteroatoms. The van der Waals surface area contributed by atoms with E-state index in [2.05, 4.69) is 5.32 Å². The maximum Gasteiger partial charge on any atom is 0.417 e. The summed E-state index contributed by atoms with van der Waals surface area (Å²) in [5, 5.41) is 46.8. The van der Waals surface area contributed by atoms with Gasteiger partial charge in [0, 0.05) is 0 Å². The van der Waals surface area contributed by atoms with Crippen molar-refractivity contribution < 1.29 is 58.6 Å². The molecule has 3 rings (SSSR count). The average Bonchev–Trinajstić information content (AvgIpc) is 3.23. The lowest BCUT2D eigenvalue weighted by molar-refractivity contribution is -0.154. The lowest BCUT2D eigenvalue weighted by Gasteiger charge is -2.36. The van der Waals surface area contributed by atoms with Crippen LogP contribution in [0, 0.1) is 0 Å². The molecule has 62 heavy (non-hydrogen) atoms. The number of rotatable bonds is 21. The van der Waals surface area contributed by atoms with E-state index in [9.17, 15) is 44.4 Å². The van der Waals surface area contributed by atoms with E-state index in [0.717, 1.165) is 0 Å². The number of hydrogen-bond donors (Lipinski definition) is 7. The van der Waals surface area contributed by atoms with Crippen LogP contribution in [0.25, 0.3) is 0 Å². The second-order valence-corrected chi connectivity index (χ2v) is 17.7. The standard InChI is InChI=1S/C45H62N4O12S/c1-44(2,3)59-26-32(49(43(58)61-45(4,5)6)41(56)30(46)23-24-62-7)40(55)48-31(25-50)35(51)37(53)38(54)36(52)33(27-17-11-8-12-18-27)34(47)42(57)60-39(28-19-13-9-14-20-28)29-21-15-10-16-22-29/h8-22,30-35,37-39,50-51,53-54H,23-26,46-47H2,1-7H3,(H,48,55)/t30-,31-,32-,33?,34-,35+,37+,38+/m0/s1. The molecule has 16 nitrogen and oxygen atoms in total. The van der Waals surface area contributed by atoms with Crippen LogP contribution in [-0.4, -0.2) is 134 Å². The number of ether oxygens (including phenoxy) is 3. The Morgan fingerprint density at radius 3 is 1.71 bits per heavy atom. The topological polar surface area (TPSA) is 261 Å². The van der Waals surface area contributed by atoms with Gasteiger partial charge in [-0.1, -0.05) is 91.0 Å². The molecule has 0 fully saturated rings. The summed E-state index contributed by atoms with van der Waals surface area (Å²) in [7, 11) is 0. The van der Waals surface area contributed by atoms with Gasteiger partial charge in [-0.2, -0.15) is 11.8 Å². The lowest BCUT2D eigenvalue weighted by Crippen LogP contribution is -2.63. The van der Waals surface area contributed by atoms with Crippen molar-refractivity contribution >= 4 is 41.4 Å². The van der Waals surface area contributed by atoms with Gasteiger partial charge in [-0.15, -0.1) is 0 Å². The van der Waals surface area contributed by atoms with E-state index < -0.39 is 109 Å². The van der Waals surface area contributed by atoms with E-state index in [0.29, 0.717) is 21.8 Å². The van der Waals surface area contributed by atoms with Crippen molar-refractivity contribution in [1.29, 1.82) is 0 Å². The van der Waals surface area contributed by atoms with Crippen molar-refractivity contribution in [3.05, 3.63) is 108 Å². The molecule has 0 aliphatic rings. The first-order valence-electron chi connectivity index (χ1n) is 20.2. The summed E-state index contributed by atoms with van der Waals surface area (Å²) in [5.74, 6) is -5.50. The quantitative estimate of drug-likeness (QED) is 0.0759. The Morgan fingerprint density at radius 1 is 0.758 bits per heavy atom. The van der Waals surface area contributed by atoms with Crippen LogP contribution in [0.1, 0.15) is 76.7 Å². The highest BCUT2D eigenvalue weighted by molar-refractivity contribution is 7.98. The van der Waals surface area contributed by atoms with Gasteiger partial charge in [0.15, 0.2) is 11.9 Å². The summed E-state index contributed by atoms with van der Waals surface area (Å²) >= 11 is 1.41. The van der Waals surface area contributed by atoms with Gasteiger partial charge in [0.05, 0.1) is 36.8 Å². The summed E-state index contributed by atoms with van der Waals surface area (Å²) in [5.41, 5.74) is 12.1. The molecule has 3 aromatic rings. The molecule has 0 heterocycles. The van der Waals surface area contributed by atoms with Crippen LogP contribution in [0.3, 0.4) is 0 Å². The predicted octanol–water partition coefficient (Wildman–Crippen LogP) is 2.59. The number of carbonyl (C=O) groups is 5. The zero-order valence-corrected chi connectivity index (χ0v) is 37.1. The molecule has 0 spiro atoms. The van der Waals surface area contributed by atoms with Gasteiger partial charge in [-0.05, 0) is 76.7 Å². The summed E-state index contributed by atoms with van der Waals surface area (Å²) in [6.45, 7) is 8.00. The Labute approximate surface area is 367 Å². The van der Waals surface area contributed by atoms with Gasteiger partial charge < -0.3 is 51.4 Å². The van der Waals surface area contributed by atoms with E-state index in [-0.39, 0.29) is 12.0 Å². The largest absolute Gasteiger partial charge is 0.451 e. The molecule has 3 aromatic carbocycles. The minimum atomic E-state index is -2.45. The number of Topliss-reactive ketones (excluding diaryl/α,β-unsaturated/α-hetero) is 1. The number of nitrogens with one attached hydrogen (secondary N) is 1. The third-order valence-corrected chi connectivity index (χ3v) is 10.1. The third kappa shape index (κ3) is 15.0. The summed E-state index contributed by atoms with van der Waals surface area (Å²) < 4.78 is 17.3. The van der Waals surface area contributed by atoms with Gasteiger partial charge in [0.1, 0.15) is 36.0 Å². The monoisotopic (exact) mass is 882 g/mol. The van der Waals surface area contributed by atoms with Gasteiger partial charge in [-0.3, -0.25) is 19.2 Å². The summed E-state index contributed by atoms with van der Waals surface area (Å²) in [6, 6.07) is 18.8. The molecule has 3 amide bonds. The molecule has 0 aliphatic heterocycles. The van der Waals surface area contributed by atoms with Crippen molar-refractivity contribution in [2.24, 2.45) is 11.5 Å². The summed E-state index contributed by atoms with van der Waals surface area (Å²) in [6.07, 6.45) is -7.33. The van der Waals surface area contributed by atoms with Crippen molar-refractivity contribution in [2.75, 3.05) is 25.2 Å². The van der Waals surface area contributed by atoms with Gasteiger partial charge in [0.2, 0.25) is 11.8 Å². The molecule has 9 N–H and O–H groups in total. The number of aliphatic hydroxyl groups excluding tert-OH is 4. The first kappa shape index (κ1) is 51.6. The fraction of sp³-hybridized carbons (Fsp3) is 0.489. The normalized spacial score (nSPS) is 15.8. The van der Waals surface area contributed by atoms with E-state index in [1.165, 1.54) is 23.9 Å². The highest BCUT2D eigenvalue weighted by Crippen LogP contribution is 2.30. The fourth-order valence-corrected chi connectivity index (χ4v) is 6.73. The highest BCUT2D eigenvalue weighted by Gasteiger charge is 2.45. The van der Waals surface area contributed by atoms with Crippen LogP contribution in [0.5, 0.6) is 0 Å². The summed E-state index contributed by atoms with van der Waals surface area (Å²) in [4.78, 5) is 70.1. The van der Waals surface area contributed by atoms with Gasteiger partial charge >= 0.3 is 12.1 Å². The highest BCUT2D eigenvalue weighted by atomic mass is 32.2. The SMILES string of the molecule is CSCC[C@H](N)C(=O)N(C(=O)OC(C)(C)C)[C@@H](COC(C)(C)C)C(=O)N[C@@H](CO)[C@@H](O)[C@@H](O)[C@H](O)C(=O)C(c1ccccc1)[C@H](N)C(=O)OC(c1ccccc1)c1ccccc1. The molecule has 0 saturated heterocycles. The van der Waals surface area contributed by atoms with Crippen LogP contribution < -0.4 is 16.8 Å². The number of nitrogens with zero attached hydrogens (tertiary/aromatic N) is 1. The van der Waals surface area contributed by atoms with Crippen LogP contribution in [0.4, 0.5) is 4.79 Å². The van der Waals surface area contributed by atoms with E-state index in [1.54, 1.807) is 127 Å². The third-order valence-electron chi connectivity index (χ3n) is 9.50. The van der Waals surface area contributed by atoms with E-state index in [4.69, 9.17) is 25.7 Å². The molecule has 0 aliphatic carbocycles. The molecule has 8 atom stereocenters. The molecular weight excluding hydrogens is 821 g/mol. The number of aliphatic hydroxyl groups is 4. The Kier molecular flexibility index (Phi) is 19.7. The van der Waals surface area contributed by atoms with Crippen molar-refractivity contribution in [1.82, 2.24) is 10.2 Å². The Balaban J connectivity index is 1.94. The number of benzene rings is 3. The average molecular weight is 883 g/mol. The molecular formula is C45H62N4O12S. The number of imide groups is 1. The smallest absolute Gasteiger partial charge is 0.417 e. The second-order valence-electron chi connectivity index (χ2n) is 16.7. The van der Waals surface area contributed by atoms with Crippen molar-refractivity contribution in [3.8, 4) is 0 Å². The number of thioether (sulfide) groups is 1. The maximum atomic E-state index is 14.2. The van der Waals surface area contributed by atoms with E-state index in [1.807, 2.05) is 0 Å². The maximum absolute atomic E-state index is 14.2. The molecule has 340 valence electrons. The number of carbonyl (C=O) groups excluding carboxylic acids is 5. The number of amides is 3. The fourth-order valence-electron chi connectivity index (χ4n) is 6.24. The Hall–Kier alpha value is -4.72. The van der Waals surface area contributed by atoms with Gasteiger partial charge in [-0.25, -0.2) is 9.69 Å². The molecule has 0 aromatic heterocycles. The molecule has 1 unspecified atom stereocenters. The zero-order chi connectivity index (χ0) is 46.4. The Bertz CT molecular complexity index is 1860. The number of hydrogen-bond acceptors (Lipinski definition) is 15. The minimum Gasteiger partial charge on any atom is -0.451 e. The predicted molar refractivity (Wildman–Crippen MR) is 234 cm³/mol. The van der Waals surface area contributed by atoms with Gasteiger partial charge in [0.25, 0.3) is 0 Å². The van der Waals surface area contributed by atoms with Crippen molar-refractivity contribution in [2.45, 2.75) is 114 Å². The van der Waals surface area contributed by atoms with Crippen LogP contribution >= 0.6 is 11.8 Å². The molecule has 0 radical (unpaired) electrons. The van der Waals surface area contributed by atoms with Crippen LogP contribution in [-0.2, 0) is 33.4 Å². The molecule has 0 bridgehead atoms. The minimum absolute atomic E-state index is 0.135. The van der Waals surface area contributed by atoms with E-state index >= 15 is 0 Å². The number of nitrogens with two attached hydrogens (primary N) is 2.